The lowest BCUT2D eigenvalue weighted by Crippen LogP contribution is -2.19. The van der Waals surface area contributed by atoms with Crippen molar-refractivity contribution in [2.75, 3.05) is 24.2 Å². The first-order valence-electron chi connectivity index (χ1n) is 5.35. The zero-order valence-electron chi connectivity index (χ0n) is 9.71. The molecule has 3 nitrogen and oxygen atoms in total. The summed E-state index contributed by atoms with van der Waals surface area (Å²) in [4.78, 5) is 0. The van der Waals surface area contributed by atoms with Crippen LogP contribution in [0, 0.1) is 6.92 Å². The van der Waals surface area contributed by atoms with Crippen molar-refractivity contribution in [2.24, 2.45) is 0 Å². The first-order chi connectivity index (χ1) is 7.13. The zero-order valence-corrected chi connectivity index (χ0v) is 9.71. The maximum atomic E-state index is 5.81. The Balaban J connectivity index is 2.47. The maximum Gasteiger partial charge on any atom is 0.0719 e. The average Bonchev–Trinajstić information content (AvgIpc) is 2.20. The van der Waals surface area contributed by atoms with E-state index in [-0.39, 0.29) is 6.10 Å². The highest BCUT2D eigenvalue weighted by atomic mass is 16.5. The van der Waals surface area contributed by atoms with E-state index >= 15 is 0 Å². The molecular formula is C12H20N2O. The van der Waals surface area contributed by atoms with Crippen molar-refractivity contribution in [3.05, 3.63) is 23.8 Å². The van der Waals surface area contributed by atoms with Crippen LogP contribution in [-0.2, 0) is 4.74 Å². The topological polar surface area (TPSA) is 47.3 Å². The molecule has 0 radical (unpaired) electrons. The largest absolute Gasteiger partial charge is 0.398 e. The number of nitrogens with two attached hydrogens (primary N) is 1. The van der Waals surface area contributed by atoms with E-state index in [1.165, 1.54) is 0 Å². The van der Waals surface area contributed by atoms with Crippen LogP contribution in [0.2, 0.25) is 0 Å². The molecule has 0 aromatic heterocycles. The highest BCUT2D eigenvalue weighted by molar-refractivity contribution is 5.58. The molecule has 0 amide bonds. The molecule has 1 atom stereocenters. The Kier molecular flexibility index (Phi) is 4.43. The van der Waals surface area contributed by atoms with Crippen LogP contribution in [0.15, 0.2) is 18.2 Å². The van der Waals surface area contributed by atoms with E-state index in [1.807, 2.05) is 39.0 Å². The number of anilines is 2. The molecule has 0 bridgehead atoms. The smallest absolute Gasteiger partial charge is 0.0719 e. The van der Waals surface area contributed by atoms with Crippen molar-refractivity contribution in [2.45, 2.75) is 26.9 Å². The van der Waals surface area contributed by atoms with Gasteiger partial charge in [-0.15, -0.1) is 0 Å². The van der Waals surface area contributed by atoms with Crippen molar-refractivity contribution in [3.63, 3.8) is 0 Å². The van der Waals surface area contributed by atoms with Crippen LogP contribution in [0.1, 0.15) is 19.4 Å². The fraction of sp³-hybridized carbons (Fsp3) is 0.500. The van der Waals surface area contributed by atoms with Gasteiger partial charge in [-0.1, -0.05) is 6.07 Å². The van der Waals surface area contributed by atoms with Crippen molar-refractivity contribution in [3.8, 4) is 0 Å². The Morgan fingerprint density at radius 3 is 2.80 bits per heavy atom. The molecule has 1 rings (SSSR count). The van der Waals surface area contributed by atoms with E-state index in [0.717, 1.165) is 30.1 Å². The molecule has 0 fully saturated rings. The molecule has 0 aliphatic carbocycles. The standard InChI is InChI=1S/C12H20N2O/c1-4-15-10(3)8-14-11-6-5-9(2)12(13)7-11/h5-7,10,14H,4,8,13H2,1-3H3. The second kappa shape index (κ2) is 5.61. The van der Waals surface area contributed by atoms with Gasteiger partial charge in [-0.2, -0.15) is 0 Å². The third kappa shape index (κ3) is 3.80. The number of benzene rings is 1. The van der Waals surface area contributed by atoms with Crippen LogP contribution in [0.25, 0.3) is 0 Å². The first kappa shape index (κ1) is 11.9. The second-order valence-corrected chi connectivity index (χ2v) is 3.72. The van der Waals surface area contributed by atoms with E-state index < -0.39 is 0 Å². The molecule has 0 spiro atoms. The predicted molar refractivity (Wildman–Crippen MR) is 65.2 cm³/mol. The molecule has 1 aromatic carbocycles. The Morgan fingerprint density at radius 2 is 2.20 bits per heavy atom. The van der Waals surface area contributed by atoms with Gasteiger partial charge in [0, 0.05) is 24.5 Å². The van der Waals surface area contributed by atoms with Gasteiger partial charge in [-0.25, -0.2) is 0 Å². The molecule has 3 heteroatoms. The Labute approximate surface area is 91.6 Å². The Hall–Kier alpha value is -1.22. The summed E-state index contributed by atoms with van der Waals surface area (Å²) in [6, 6.07) is 6.00. The number of hydrogen-bond acceptors (Lipinski definition) is 3. The minimum atomic E-state index is 0.220. The number of nitrogens with one attached hydrogen (secondary N) is 1. The Morgan fingerprint density at radius 1 is 1.47 bits per heavy atom. The second-order valence-electron chi connectivity index (χ2n) is 3.72. The van der Waals surface area contributed by atoms with Gasteiger partial charge in [-0.3, -0.25) is 0 Å². The van der Waals surface area contributed by atoms with E-state index in [2.05, 4.69) is 5.32 Å². The third-order valence-corrected chi connectivity index (χ3v) is 2.32. The highest BCUT2D eigenvalue weighted by Gasteiger charge is 2.01. The summed E-state index contributed by atoms with van der Waals surface area (Å²) < 4.78 is 5.42. The van der Waals surface area contributed by atoms with Gasteiger partial charge < -0.3 is 15.8 Å². The number of nitrogen functional groups attached to an aromatic ring is 1. The quantitative estimate of drug-likeness (QED) is 0.730. The van der Waals surface area contributed by atoms with E-state index in [4.69, 9.17) is 10.5 Å². The summed E-state index contributed by atoms with van der Waals surface area (Å²) in [5, 5.41) is 3.29. The molecule has 3 N–H and O–H groups in total. The van der Waals surface area contributed by atoms with Gasteiger partial charge in [0.15, 0.2) is 0 Å². The number of rotatable bonds is 5. The number of hydrogen-bond donors (Lipinski definition) is 2. The van der Waals surface area contributed by atoms with Gasteiger partial charge in [0.2, 0.25) is 0 Å². The lowest BCUT2D eigenvalue weighted by atomic mass is 10.2. The van der Waals surface area contributed by atoms with Gasteiger partial charge in [0.05, 0.1) is 6.10 Å². The van der Waals surface area contributed by atoms with Crippen molar-refractivity contribution >= 4 is 11.4 Å². The van der Waals surface area contributed by atoms with Crippen LogP contribution in [0.5, 0.6) is 0 Å². The zero-order chi connectivity index (χ0) is 11.3. The van der Waals surface area contributed by atoms with Crippen molar-refractivity contribution < 1.29 is 4.74 Å². The summed E-state index contributed by atoms with van der Waals surface area (Å²) >= 11 is 0. The average molecular weight is 208 g/mol. The van der Waals surface area contributed by atoms with Crippen LogP contribution in [0.4, 0.5) is 11.4 Å². The predicted octanol–water partition coefficient (Wildman–Crippen LogP) is 2.41. The SMILES string of the molecule is CCOC(C)CNc1ccc(C)c(N)c1. The molecule has 15 heavy (non-hydrogen) atoms. The lowest BCUT2D eigenvalue weighted by Gasteiger charge is -2.14. The fourth-order valence-electron chi connectivity index (χ4n) is 1.36. The molecule has 0 aliphatic rings. The summed E-state index contributed by atoms with van der Waals surface area (Å²) in [5.41, 5.74) is 8.79. The maximum absolute atomic E-state index is 5.81. The molecule has 1 unspecified atom stereocenters. The molecular weight excluding hydrogens is 188 g/mol. The van der Waals surface area contributed by atoms with Gasteiger partial charge in [0.25, 0.3) is 0 Å². The van der Waals surface area contributed by atoms with Crippen LogP contribution in [-0.4, -0.2) is 19.3 Å². The van der Waals surface area contributed by atoms with Crippen molar-refractivity contribution in [1.82, 2.24) is 0 Å². The fourth-order valence-corrected chi connectivity index (χ4v) is 1.36. The van der Waals surface area contributed by atoms with Crippen molar-refractivity contribution in [1.29, 1.82) is 0 Å². The molecule has 1 aromatic rings. The summed E-state index contributed by atoms with van der Waals surface area (Å²) in [7, 11) is 0. The van der Waals surface area contributed by atoms with E-state index in [0.29, 0.717) is 0 Å². The molecule has 0 aliphatic heterocycles. The first-order valence-corrected chi connectivity index (χ1v) is 5.35. The molecule has 0 saturated heterocycles. The normalized spacial score (nSPS) is 12.5. The minimum absolute atomic E-state index is 0.220. The minimum Gasteiger partial charge on any atom is -0.398 e. The number of aryl methyl sites for hydroxylation is 1. The van der Waals surface area contributed by atoms with Gasteiger partial charge >= 0.3 is 0 Å². The summed E-state index contributed by atoms with van der Waals surface area (Å²) in [6.45, 7) is 7.60. The van der Waals surface area contributed by atoms with E-state index in [9.17, 15) is 0 Å². The lowest BCUT2D eigenvalue weighted by molar-refractivity contribution is 0.0855. The molecule has 0 heterocycles. The van der Waals surface area contributed by atoms with Crippen LogP contribution >= 0.6 is 0 Å². The highest BCUT2D eigenvalue weighted by Crippen LogP contribution is 2.16. The van der Waals surface area contributed by atoms with Crippen LogP contribution in [0.3, 0.4) is 0 Å². The molecule has 0 saturated carbocycles. The number of ether oxygens (including phenoxy) is 1. The van der Waals surface area contributed by atoms with Gasteiger partial charge in [0.1, 0.15) is 0 Å². The summed E-state index contributed by atoms with van der Waals surface area (Å²) in [6.07, 6.45) is 0.220. The monoisotopic (exact) mass is 208 g/mol. The third-order valence-electron chi connectivity index (χ3n) is 2.32. The van der Waals surface area contributed by atoms with Gasteiger partial charge in [-0.05, 0) is 38.5 Å². The molecule has 84 valence electrons. The van der Waals surface area contributed by atoms with Crippen LogP contribution < -0.4 is 11.1 Å². The Bertz CT molecular complexity index is 312. The summed E-state index contributed by atoms with van der Waals surface area (Å²) in [5.74, 6) is 0. The van der Waals surface area contributed by atoms with E-state index in [1.54, 1.807) is 0 Å².